The third-order valence-corrected chi connectivity index (χ3v) is 5.12. The Balaban J connectivity index is 2.10. The second-order valence-electron chi connectivity index (χ2n) is 6.85. The third-order valence-electron chi connectivity index (χ3n) is 4.87. The Kier molecular flexibility index (Phi) is 6.36. The van der Waals surface area contributed by atoms with Gasteiger partial charge in [-0.15, -0.1) is 0 Å². The number of Topliss-reactive ketones (excluding diaryl/α,β-unsaturated/α-hetero) is 1. The molecular formula is C21H17ClN2O7. The van der Waals surface area contributed by atoms with Crippen LogP contribution in [-0.2, 0) is 14.4 Å². The lowest BCUT2D eigenvalue weighted by atomic mass is 9.95. The maximum absolute atomic E-state index is 12.8. The summed E-state index contributed by atoms with van der Waals surface area (Å²) in [5.41, 5.74) is 0.274. The number of carboxylic acid groups (broad SMARTS) is 1. The van der Waals surface area contributed by atoms with Crippen molar-refractivity contribution in [1.29, 1.82) is 0 Å². The monoisotopic (exact) mass is 444 g/mol. The molecule has 1 atom stereocenters. The molecule has 10 heteroatoms. The number of aliphatic carboxylic acids is 1. The summed E-state index contributed by atoms with van der Waals surface area (Å²) >= 11 is 5.87. The molecule has 31 heavy (non-hydrogen) atoms. The molecule has 1 saturated heterocycles. The van der Waals surface area contributed by atoms with Gasteiger partial charge in [-0.25, -0.2) is 0 Å². The maximum atomic E-state index is 12.8. The number of halogens is 1. The lowest BCUT2D eigenvalue weighted by Crippen LogP contribution is -2.31. The molecule has 1 heterocycles. The van der Waals surface area contributed by atoms with Crippen molar-refractivity contribution in [1.82, 2.24) is 4.90 Å². The molecule has 1 amide bonds. The molecule has 0 spiro atoms. The number of aliphatic hydroxyl groups excluding tert-OH is 1. The fraction of sp³-hybridized carbons (Fsp3) is 0.190. The van der Waals surface area contributed by atoms with Crippen molar-refractivity contribution < 1.29 is 29.5 Å². The fourth-order valence-electron chi connectivity index (χ4n) is 3.40. The van der Waals surface area contributed by atoms with E-state index < -0.39 is 34.4 Å². The molecule has 0 aliphatic carbocycles. The van der Waals surface area contributed by atoms with Crippen LogP contribution in [0.4, 0.5) is 5.69 Å². The van der Waals surface area contributed by atoms with Gasteiger partial charge in [-0.3, -0.25) is 24.5 Å². The van der Waals surface area contributed by atoms with Gasteiger partial charge in [0, 0.05) is 35.7 Å². The van der Waals surface area contributed by atoms with Gasteiger partial charge >= 0.3 is 5.97 Å². The van der Waals surface area contributed by atoms with Gasteiger partial charge in [0.2, 0.25) is 0 Å². The minimum atomic E-state index is -1.05. The summed E-state index contributed by atoms with van der Waals surface area (Å²) in [7, 11) is 0. The Morgan fingerprint density at radius 1 is 1.06 bits per heavy atom. The molecule has 1 aliphatic rings. The molecule has 0 aromatic heterocycles. The van der Waals surface area contributed by atoms with E-state index >= 15 is 0 Å². The van der Waals surface area contributed by atoms with Crippen LogP contribution >= 0.6 is 11.6 Å². The predicted molar refractivity (Wildman–Crippen MR) is 110 cm³/mol. The van der Waals surface area contributed by atoms with Crippen molar-refractivity contribution in [3.8, 4) is 0 Å². The molecule has 9 nitrogen and oxygen atoms in total. The lowest BCUT2D eigenvalue weighted by Gasteiger charge is -2.25. The smallest absolute Gasteiger partial charge is 0.303 e. The van der Waals surface area contributed by atoms with Gasteiger partial charge in [-0.2, -0.15) is 0 Å². The quantitative estimate of drug-likeness (QED) is 0.219. The van der Waals surface area contributed by atoms with E-state index in [4.69, 9.17) is 16.7 Å². The number of amides is 1. The van der Waals surface area contributed by atoms with Gasteiger partial charge < -0.3 is 15.1 Å². The average Bonchev–Trinajstić information content (AvgIpc) is 2.98. The first-order valence-corrected chi connectivity index (χ1v) is 9.59. The van der Waals surface area contributed by atoms with Crippen LogP contribution in [0.3, 0.4) is 0 Å². The number of benzene rings is 2. The number of hydrogen-bond donors (Lipinski definition) is 2. The first-order chi connectivity index (χ1) is 14.7. The Bertz CT molecular complexity index is 1080. The van der Waals surface area contributed by atoms with E-state index in [9.17, 15) is 29.6 Å². The van der Waals surface area contributed by atoms with Crippen LogP contribution in [0.1, 0.15) is 30.0 Å². The van der Waals surface area contributed by atoms with Crippen LogP contribution in [0.2, 0.25) is 5.02 Å². The largest absolute Gasteiger partial charge is 0.507 e. The Morgan fingerprint density at radius 3 is 2.23 bits per heavy atom. The number of carbonyl (C=O) groups is 3. The lowest BCUT2D eigenvalue weighted by molar-refractivity contribution is -0.384. The number of nitro groups is 1. The number of ketones is 1. The van der Waals surface area contributed by atoms with E-state index in [-0.39, 0.29) is 36.2 Å². The van der Waals surface area contributed by atoms with Gasteiger partial charge in [0.1, 0.15) is 5.76 Å². The van der Waals surface area contributed by atoms with E-state index in [0.717, 1.165) is 0 Å². The topological polar surface area (TPSA) is 138 Å². The van der Waals surface area contributed by atoms with E-state index in [1.807, 2.05) is 0 Å². The number of likely N-dealkylation sites (tertiary alicyclic amines) is 1. The highest BCUT2D eigenvalue weighted by Gasteiger charge is 2.45. The van der Waals surface area contributed by atoms with Crippen molar-refractivity contribution >= 4 is 40.7 Å². The van der Waals surface area contributed by atoms with Gasteiger partial charge in [0.05, 0.1) is 16.5 Å². The Hall–Kier alpha value is -3.72. The number of nitro benzene ring substituents is 1. The fourth-order valence-corrected chi connectivity index (χ4v) is 3.53. The summed E-state index contributed by atoms with van der Waals surface area (Å²) in [6.07, 6.45) is -0.125. The maximum Gasteiger partial charge on any atom is 0.303 e. The summed E-state index contributed by atoms with van der Waals surface area (Å²) in [6, 6.07) is 10.2. The molecule has 0 unspecified atom stereocenters. The summed E-state index contributed by atoms with van der Waals surface area (Å²) in [5.74, 6) is -3.28. The summed E-state index contributed by atoms with van der Waals surface area (Å²) in [4.78, 5) is 47.9. The first-order valence-electron chi connectivity index (χ1n) is 9.21. The molecule has 0 radical (unpaired) electrons. The number of hydrogen-bond acceptors (Lipinski definition) is 6. The number of nitrogens with zero attached hydrogens (tertiary/aromatic N) is 2. The zero-order valence-corrected chi connectivity index (χ0v) is 16.8. The molecule has 2 aromatic rings. The van der Waals surface area contributed by atoms with Gasteiger partial charge in [-0.05, 0) is 48.4 Å². The third kappa shape index (κ3) is 4.56. The molecule has 1 fully saturated rings. The number of rotatable bonds is 7. The second-order valence-corrected chi connectivity index (χ2v) is 7.28. The molecule has 0 bridgehead atoms. The summed E-state index contributed by atoms with van der Waals surface area (Å²) < 4.78 is 0. The zero-order chi connectivity index (χ0) is 22.7. The van der Waals surface area contributed by atoms with Crippen LogP contribution < -0.4 is 0 Å². The van der Waals surface area contributed by atoms with Crippen molar-refractivity contribution in [3.63, 3.8) is 0 Å². The van der Waals surface area contributed by atoms with E-state index in [0.29, 0.717) is 10.6 Å². The van der Waals surface area contributed by atoms with E-state index in [2.05, 4.69) is 0 Å². The van der Waals surface area contributed by atoms with Crippen LogP contribution in [0.15, 0.2) is 54.1 Å². The van der Waals surface area contributed by atoms with Crippen LogP contribution in [-0.4, -0.2) is 44.2 Å². The molecule has 2 N–H and O–H groups in total. The van der Waals surface area contributed by atoms with Gasteiger partial charge in [0.15, 0.2) is 0 Å². The number of aliphatic hydroxyl groups is 1. The molecule has 2 aromatic carbocycles. The van der Waals surface area contributed by atoms with E-state index in [1.165, 1.54) is 53.4 Å². The predicted octanol–water partition coefficient (Wildman–Crippen LogP) is 3.53. The molecule has 160 valence electrons. The highest BCUT2D eigenvalue weighted by molar-refractivity contribution is 6.46. The number of non-ortho nitro benzene ring substituents is 1. The number of carbonyl (C=O) groups excluding carboxylic acids is 2. The normalized spacial score (nSPS) is 17.7. The number of carboxylic acids is 1. The van der Waals surface area contributed by atoms with Crippen LogP contribution in [0, 0.1) is 10.1 Å². The zero-order valence-electron chi connectivity index (χ0n) is 16.0. The Morgan fingerprint density at radius 2 is 1.68 bits per heavy atom. The minimum Gasteiger partial charge on any atom is -0.507 e. The Labute approximate surface area is 181 Å². The highest BCUT2D eigenvalue weighted by atomic mass is 35.5. The van der Waals surface area contributed by atoms with E-state index in [1.54, 1.807) is 0 Å². The first kappa shape index (κ1) is 22.0. The average molecular weight is 445 g/mol. The SMILES string of the molecule is O=C(O)CCCN1C(=O)C(=O)/C(=C(\O)c2ccc(Cl)cc2)[C@@H]1c1ccc([N+](=O)[O-])cc1. The van der Waals surface area contributed by atoms with Crippen LogP contribution in [0.5, 0.6) is 0 Å². The van der Waals surface area contributed by atoms with Crippen molar-refractivity contribution in [2.45, 2.75) is 18.9 Å². The van der Waals surface area contributed by atoms with Crippen molar-refractivity contribution in [2.24, 2.45) is 0 Å². The van der Waals surface area contributed by atoms with Crippen molar-refractivity contribution in [2.75, 3.05) is 6.54 Å². The van der Waals surface area contributed by atoms with Crippen LogP contribution in [0.25, 0.3) is 5.76 Å². The standard InChI is InChI=1S/C21H17ClN2O7/c22-14-7-3-13(4-8-14)19(27)17-18(12-5-9-15(10-6-12)24(30)31)23(21(29)20(17)28)11-1-2-16(25)26/h3-10,18,27H,1-2,11H2,(H,25,26)/b19-17-/t18-/m0/s1. The van der Waals surface area contributed by atoms with Gasteiger partial charge in [0.25, 0.3) is 17.4 Å². The molecule has 0 saturated carbocycles. The molecule has 3 rings (SSSR count). The van der Waals surface area contributed by atoms with Crippen molar-refractivity contribution in [3.05, 3.63) is 80.4 Å². The summed E-state index contributed by atoms with van der Waals surface area (Å²) in [5, 5.41) is 31.1. The summed E-state index contributed by atoms with van der Waals surface area (Å²) in [6.45, 7) is -0.0457. The second kappa shape index (κ2) is 8.97. The molecular weight excluding hydrogens is 428 g/mol. The highest BCUT2D eigenvalue weighted by Crippen LogP contribution is 2.40. The molecule has 1 aliphatic heterocycles. The minimum absolute atomic E-state index is 0.0457. The van der Waals surface area contributed by atoms with Gasteiger partial charge in [-0.1, -0.05) is 11.6 Å².